The van der Waals surface area contributed by atoms with Crippen molar-refractivity contribution in [2.75, 3.05) is 12.4 Å². The van der Waals surface area contributed by atoms with E-state index >= 15 is 0 Å². The third-order valence-electron chi connectivity index (χ3n) is 4.08. The number of hydrogen-bond acceptors (Lipinski definition) is 18. The van der Waals surface area contributed by atoms with Gasteiger partial charge in [-0.25, -0.2) is 4.98 Å². The van der Waals surface area contributed by atoms with Crippen LogP contribution in [0.4, 0.5) is 0 Å². The monoisotopic (exact) mass is 672 g/mol. The van der Waals surface area contributed by atoms with E-state index < -0.39 is 37.1 Å². The number of ether oxygens (including phenoxy) is 1. The van der Waals surface area contributed by atoms with Crippen LogP contribution in [0, 0.1) is 59.2 Å². The van der Waals surface area contributed by atoms with Crippen molar-refractivity contribution in [3.63, 3.8) is 0 Å². The van der Waals surface area contributed by atoms with E-state index in [9.17, 15) is 20.1 Å². The van der Waals surface area contributed by atoms with Gasteiger partial charge >= 0.3 is 0 Å². The molecule has 0 aliphatic carbocycles. The van der Waals surface area contributed by atoms with Gasteiger partial charge < -0.3 is 25.2 Å². The fourth-order valence-corrected chi connectivity index (χ4v) is 4.36. The van der Waals surface area contributed by atoms with Gasteiger partial charge in [0.05, 0.1) is 23.8 Å². The lowest BCUT2D eigenvalue weighted by Gasteiger charge is -2.39. The first-order valence-corrected chi connectivity index (χ1v) is 13.6. The van der Waals surface area contributed by atoms with Gasteiger partial charge in [0.25, 0.3) is 0 Å². The van der Waals surface area contributed by atoms with E-state index in [1.54, 1.807) is 19.5 Å². The number of carbonyl (C=O) groups excluding carboxylic acids is 1. The number of ketones is 1. The summed E-state index contributed by atoms with van der Waals surface area (Å²) in [7, 11) is 0. The van der Waals surface area contributed by atoms with Crippen LogP contribution < -0.4 is 5.64 Å². The van der Waals surface area contributed by atoms with Crippen LogP contribution >= 0.6 is 48.9 Å². The molecule has 238 valence electrons. The number of nitrogens with zero attached hydrogens (tertiary/aromatic N) is 1. The number of aliphatic hydroxyl groups excluding tert-OH is 4. The zero-order chi connectivity index (χ0) is 31.6. The van der Waals surface area contributed by atoms with E-state index in [4.69, 9.17) is 9.84 Å². The predicted molar refractivity (Wildman–Crippen MR) is 165 cm³/mol. The normalized spacial score (nSPS) is 19.8. The number of Topliss-reactive ketones (excluding diaryl/α,β-unsaturated/α-hetero) is 1. The second-order valence-electron chi connectivity index (χ2n) is 6.76. The number of thiol groups is 2. The molecule has 0 unspecified atom stereocenters. The van der Waals surface area contributed by atoms with Crippen molar-refractivity contribution in [1.29, 1.82) is 0 Å². The Morgan fingerprint density at radius 3 is 1.90 bits per heavy atom. The maximum absolute atomic E-state index is 11.2. The SMILES string of the molecule is CC#CC#CC#CC#CC#CC.CC(=O)c1cnc(SC[C@H]2O[C@H](CO)[C@@H](O)[C@H](O)[C@@H]2O)s1.SOOONOOOS.[HH].[HH].[HH].[HH].[HH]. The van der Waals surface area contributed by atoms with Gasteiger partial charge in [-0.2, -0.15) is 0 Å². The Hall–Kier alpha value is -2.33. The van der Waals surface area contributed by atoms with Gasteiger partial charge in [-0.1, -0.05) is 33.6 Å². The molecule has 18 heteroatoms. The highest BCUT2D eigenvalue weighted by Gasteiger charge is 2.43. The topological polar surface area (TPSA) is 188 Å². The Morgan fingerprint density at radius 1 is 0.976 bits per heavy atom. The summed E-state index contributed by atoms with van der Waals surface area (Å²) < 4.78 is 13.3. The number of thioether (sulfide) groups is 1. The average Bonchev–Trinajstić information content (AvgIpc) is 3.47. The van der Waals surface area contributed by atoms with Gasteiger partial charge in [-0.3, -0.25) is 4.79 Å². The van der Waals surface area contributed by atoms with E-state index in [1.807, 2.05) is 0 Å². The van der Waals surface area contributed by atoms with Crippen molar-refractivity contribution in [3.8, 4) is 59.2 Å². The standard InChI is InChI=1S/C12H17NO6S2.C12H6.H3NO6S2.5H2/c1-5(15)8-2-13-12(21-8)20-4-7-10(17)11(18)9(16)6(3-14)19-7;1-3-5-7-9-11-12-10-8-6-4-2;8-6-4-2-1-3-5-7-9;;;;;/h2,6-7,9-11,14,16-18H,3-4H2,1H3;1-2H3;1,8-9H;5*1H/t6-,7-,9-,10-,11+;;;;;;;/m1......./s1. The number of aliphatic hydroxyl groups is 4. The van der Waals surface area contributed by atoms with Crippen LogP contribution in [0.5, 0.6) is 0 Å². The minimum atomic E-state index is -1.37. The average molecular weight is 673 g/mol. The summed E-state index contributed by atoms with van der Waals surface area (Å²) in [6.45, 7) is 4.45. The number of nitrogens with one attached hydrogen (secondary N) is 1. The predicted octanol–water partition coefficient (Wildman–Crippen LogP) is 1.41. The largest absolute Gasteiger partial charge is 0.394 e. The second kappa shape index (κ2) is 26.3. The molecule has 0 bridgehead atoms. The van der Waals surface area contributed by atoms with Crippen LogP contribution in [0.1, 0.15) is 37.6 Å². The molecule has 1 aromatic rings. The van der Waals surface area contributed by atoms with Gasteiger partial charge in [-0.05, 0) is 76.9 Å². The first-order chi connectivity index (χ1) is 20.3. The molecule has 1 saturated heterocycles. The quantitative estimate of drug-likeness (QED) is 0.0261. The third-order valence-corrected chi connectivity index (χ3v) is 6.54. The van der Waals surface area contributed by atoms with Crippen molar-refractivity contribution < 1.29 is 65.8 Å². The van der Waals surface area contributed by atoms with E-state index in [0.717, 1.165) is 0 Å². The molecule has 42 heavy (non-hydrogen) atoms. The molecular formula is C24H36N2O12S4. The molecular weight excluding hydrogens is 637 g/mol. The number of aromatic nitrogens is 1. The smallest absolute Gasteiger partial charge is 0.171 e. The molecule has 0 amide bonds. The minimum Gasteiger partial charge on any atom is -0.394 e. The molecule has 2 heterocycles. The van der Waals surface area contributed by atoms with Gasteiger partial charge in [0.2, 0.25) is 0 Å². The molecule has 1 aliphatic heterocycles. The Balaban J connectivity index is -0.000000141. The summed E-state index contributed by atoms with van der Waals surface area (Å²) in [5.74, 6) is 25.8. The summed E-state index contributed by atoms with van der Waals surface area (Å²) in [6, 6.07) is 0. The van der Waals surface area contributed by atoms with Crippen molar-refractivity contribution in [1.82, 2.24) is 10.6 Å². The molecule has 0 saturated carbocycles. The van der Waals surface area contributed by atoms with Gasteiger partial charge in [-0.15, -0.1) is 20.0 Å². The van der Waals surface area contributed by atoms with E-state index in [0.29, 0.717) is 9.22 Å². The molecule has 1 aromatic heterocycles. The second-order valence-corrected chi connectivity index (χ2v) is 9.36. The molecule has 5 N–H and O–H groups in total. The lowest BCUT2D eigenvalue weighted by atomic mass is 9.96. The third kappa shape index (κ3) is 18.3. The Morgan fingerprint density at radius 2 is 1.48 bits per heavy atom. The highest BCUT2D eigenvalue weighted by molar-refractivity contribution is 8.01. The fourth-order valence-electron chi connectivity index (χ4n) is 2.34. The van der Waals surface area contributed by atoms with Crippen LogP contribution in [0.2, 0.25) is 0 Å². The lowest BCUT2D eigenvalue weighted by molar-refractivity contribution is -0.596. The fraction of sp³-hybridized carbons (Fsp3) is 0.417. The molecule has 2 rings (SSSR count). The van der Waals surface area contributed by atoms with Gasteiger partial charge in [0.15, 0.2) is 10.1 Å². The summed E-state index contributed by atoms with van der Waals surface area (Å²) in [5, 5.41) is 45.6. The Labute approximate surface area is 269 Å². The lowest BCUT2D eigenvalue weighted by Crippen LogP contribution is -2.59. The number of thiazole rings is 1. The molecule has 1 aliphatic rings. The van der Waals surface area contributed by atoms with Gasteiger partial charge in [0.1, 0.15) is 24.4 Å². The van der Waals surface area contributed by atoms with Crippen molar-refractivity contribution in [2.45, 2.75) is 55.6 Å². The maximum atomic E-state index is 11.2. The first kappa shape index (κ1) is 39.7. The van der Waals surface area contributed by atoms with Crippen molar-refractivity contribution >= 4 is 54.7 Å². The zero-order valence-electron chi connectivity index (χ0n) is 22.1. The molecule has 0 radical (unpaired) electrons. The van der Waals surface area contributed by atoms with Gasteiger partial charge in [0, 0.05) is 45.6 Å². The van der Waals surface area contributed by atoms with Crippen LogP contribution in [0.3, 0.4) is 0 Å². The summed E-state index contributed by atoms with van der Waals surface area (Å²) in [5.41, 5.74) is 1.60. The summed E-state index contributed by atoms with van der Waals surface area (Å²) >= 11 is 8.75. The van der Waals surface area contributed by atoms with Crippen LogP contribution in [0.25, 0.3) is 0 Å². The van der Waals surface area contributed by atoms with Crippen LogP contribution in [0.15, 0.2) is 10.5 Å². The summed E-state index contributed by atoms with van der Waals surface area (Å²) in [6.07, 6.45) is -4.13. The molecule has 0 spiro atoms. The molecule has 14 nitrogen and oxygen atoms in total. The van der Waals surface area contributed by atoms with E-state index in [2.05, 4.69) is 119 Å². The zero-order valence-corrected chi connectivity index (χ0v) is 25.5. The summed E-state index contributed by atoms with van der Waals surface area (Å²) in [4.78, 5) is 23.4. The number of hydrogen-bond donors (Lipinski definition) is 7. The minimum absolute atomic E-state index is 0. The molecule has 5 atom stereocenters. The van der Waals surface area contributed by atoms with E-state index in [1.165, 1.54) is 36.2 Å². The molecule has 1 fully saturated rings. The van der Waals surface area contributed by atoms with Crippen molar-refractivity contribution in [2.24, 2.45) is 0 Å². The van der Waals surface area contributed by atoms with Crippen LogP contribution in [-0.4, -0.2) is 74.1 Å². The molecule has 0 aromatic carbocycles. The highest BCUT2D eigenvalue weighted by Crippen LogP contribution is 2.29. The Bertz CT molecular complexity index is 1210. The Kier molecular flexibility index (Phi) is 24.8. The first-order valence-electron chi connectivity index (χ1n) is 11.0. The number of carbonyl (C=O) groups is 1. The number of rotatable bonds is 11. The highest BCUT2D eigenvalue weighted by atomic mass is 32.2. The van der Waals surface area contributed by atoms with E-state index in [-0.39, 0.29) is 18.7 Å². The van der Waals surface area contributed by atoms with Crippen LogP contribution in [-0.2, 0) is 33.5 Å². The van der Waals surface area contributed by atoms with Crippen molar-refractivity contribution in [3.05, 3.63) is 11.1 Å². The maximum Gasteiger partial charge on any atom is 0.171 e.